The molecule has 2 amide bonds. The van der Waals surface area contributed by atoms with Gasteiger partial charge in [0.1, 0.15) is 12.4 Å². The van der Waals surface area contributed by atoms with Crippen LogP contribution in [0, 0.1) is 0 Å². The van der Waals surface area contributed by atoms with Crippen molar-refractivity contribution in [1.82, 2.24) is 5.32 Å². The van der Waals surface area contributed by atoms with Gasteiger partial charge >= 0.3 is 6.03 Å². The molecule has 2 N–H and O–H groups in total. The van der Waals surface area contributed by atoms with Crippen molar-refractivity contribution in [1.29, 1.82) is 0 Å². The van der Waals surface area contributed by atoms with Crippen molar-refractivity contribution >= 4 is 11.7 Å². The summed E-state index contributed by atoms with van der Waals surface area (Å²) in [6.07, 6.45) is 3.04. The van der Waals surface area contributed by atoms with Gasteiger partial charge < -0.3 is 29.6 Å². The molecule has 0 aromatic heterocycles. The summed E-state index contributed by atoms with van der Waals surface area (Å²) < 4.78 is 21.9. The normalized spacial score (nSPS) is 17.4. The molecule has 1 unspecified atom stereocenters. The first kappa shape index (κ1) is 18.4. The number of amides is 2. The summed E-state index contributed by atoms with van der Waals surface area (Å²) in [7, 11) is 0. The highest BCUT2D eigenvalue weighted by atomic mass is 16.7. The van der Waals surface area contributed by atoms with Crippen LogP contribution in [-0.4, -0.2) is 38.7 Å². The lowest BCUT2D eigenvalue weighted by Gasteiger charge is -2.12. The Morgan fingerprint density at radius 2 is 1.96 bits per heavy atom. The molecule has 28 heavy (non-hydrogen) atoms. The summed E-state index contributed by atoms with van der Waals surface area (Å²) in [6, 6.07) is 12.9. The first-order valence-electron chi connectivity index (χ1n) is 9.54. The first-order chi connectivity index (χ1) is 13.8. The minimum atomic E-state index is -0.242. The topological polar surface area (TPSA) is 78.1 Å². The molecule has 0 aliphatic carbocycles. The van der Waals surface area contributed by atoms with Crippen molar-refractivity contribution in [3.8, 4) is 17.2 Å². The quantitative estimate of drug-likeness (QED) is 0.766. The SMILES string of the molecule is O=C(NCCc1ccc2c(c1)OCO2)Nc1ccc(OCC2CCCO2)cc1. The third kappa shape index (κ3) is 4.86. The van der Waals surface area contributed by atoms with Crippen molar-refractivity contribution in [2.45, 2.75) is 25.4 Å². The van der Waals surface area contributed by atoms with Crippen LogP contribution in [0.4, 0.5) is 10.5 Å². The molecule has 2 aromatic rings. The van der Waals surface area contributed by atoms with Gasteiger partial charge in [-0.15, -0.1) is 0 Å². The van der Waals surface area contributed by atoms with Crippen LogP contribution in [-0.2, 0) is 11.2 Å². The maximum Gasteiger partial charge on any atom is 0.319 e. The molecule has 2 aromatic carbocycles. The molecule has 2 aliphatic rings. The zero-order valence-corrected chi connectivity index (χ0v) is 15.6. The van der Waals surface area contributed by atoms with E-state index in [1.807, 2.05) is 42.5 Å². The molecule has 148 valence electrons. The maximum atomic E-state index is 12.1. The minimum Gasteiger partial charge on any atom is -0.491 e. The average molecular weight is 384 g/mol. The third-order valence-electron chi connectivity index (χ3n) is 4.71. The Balaban J connectivity index is 1.18. The minimum absolute atomic E-state index is 0.188. The molecule has 1 saturated heterocycles. The second-order valence-electron chi connectivity index (χ2n) is 6.79. The number of anilines is 1. The molecule has 2 aliphatic heterocycles. The Morgan fingerprint density at radius 1 is 1.11 bits per heavy atom. The zero-order valence-electron chi connectivity index (χ0n) is 15.6. The van der Waals surface area contributed by atoms with E-state index >= 15 is 0 Å². The van der Waals surface area contributed by atoms with Gasteiger partial charge in [-0.25, -0.2) is 4.79 Å². The van der Waals surface area contributed by atoms with Gasteiger partial charge in [0.2, 0.25) is 6.79 Å². The lowest BCUT2D eigenvalue weighted by molar-refractivity contribution is 0.0679. The number of fused-ring (bicyclic) bond motifs is 1. The average Bonchev–Trinajstić information content (AvgIpc) is 3.39. The van der Waals surface area contributed by atoms with Crippen LogP contribution in [0.1, 0.15) is 18.4 Å². The summed E-state index contributed by atoms with van der Waals surface area (Å²) in [5, 5.41) is 5.67. The zero-order chi connectivity index (χ0) is 19.2. The predicted octanol–water partition coefficient (Wildman–Crippen LogP) is 3.34. The van der Waals surface area contributed by atoms with E-state index in [1.54, 1.807) is 0 Å². The summed E-state index contributed by atoms with van der Waals surface area (Å²) >= 11 is 0. The van der Waals surface area contributed by atoms with Gasteiger partial charge in [0.25, 0.3) is 0 Å². The number of ether oxygens (including phenoxy) is 4. The van der Waals surface area contributed by atoms with E-state index in [0.717, 1.165) is 42.3 Å². The molecular formula is C21H24N2O5. The van der Waals surface area contributed by atoms with Gasteiger partial charge in [-0.2, -0.15) is 0 Å². The van der Waals surface area contributed by atoms with Gasteiger partial charge in [-0.3, -0.25) is 0 Å². The van der Waals surface area contributed by atoms with E-state index in [-0.39, 0.29) is 18.9 Å². The number of carbonyl (C=O) groups excluding carboxylic acids is 1. The van der Waals surface area contributed by atoms with Crippen molar-refractivity contribution < 1.29 is 23.7 Å². The third-order valence-corrected chi connectivity index (χ3v) is 4.71. The standard InChI is InChI=1S/C21H24N2O5/c24-21(22-10-9-15-3-8-19-20(12-15)28-14-27-19)23-16-4-6-17(7-5-16)26-13-18-2-1-11-25-18/h3-8,12,18H,1-2,9-11,13-14H2,(H2,22,23,24). The molecule has 7 heteroatoms. The predicted molar refractivity (Wildman–Crippen MR) is 104 cm³/mol. The Hall–Kier alpha value is -2.93. The van der Waals surface area contributed by atoms with Crippen molar-refractivity contribution in [3.63, 3.8) is 0 Å². The van der Waals surface area contributed by atoms with Crippen LogP contribution < -0.4 is 24.8 Å². The summed E-state index contributed by atoms with van der Waals surface area (Å²) in [6.45, 7) is 2.17. The first-order valence-corrected chi connectivity index (χ1v) is 9.54. The Kier molecular flexibility index (Phi) is 5.82. The molecule has 1 atom stereocenters. The number of rotatable bonds is 7. The van der Waals surface area contributed by atoms with Crippen LogP contribution in [0.15, 0.2) is 42.5 Å². The van der Waals surface area contributed by atoms with E-state index in [4.69, 9.17) is 18.9 Å². The summed E-state index contributed by atoms with van der Waals surface area (Å²) in [4.78, 5) is 12.1. The number of hydrogen-bond donors (Lipinski definition) is 2. The fourth-order valence-corrected chi connectivity index (χ4v) is 3.19. The molecule has 0 spiro atoms. The number of urea groups is 1. The molecular weight excluding hydrogens is 360 g/mol. The van der Waals surface area contributed by atoms with Crippen LogP contribution >= 0.6 is 0 Å². The summed E-state index contributed by atoms with van der Waals surface area (Å²) in [5.41, 5.74) is 1.79. The van der Waals surface area contributed by atoms with E-state index < -0.39 is 0 Å². The lowest BCUT2D eigenvalue weighted by Crippen LogP contribution is -2.30. The molecule has 0 radical (unpaired) electrons. The maximum absolute atomic E-state index is 12.1. The molecule has 0 bridgehead atoms. The molecule has 4 rings (SSSR count). The molecule has 1 fully saturated rings. The smallest absolute Gasteiger partial charge is 0.319 e. The van der Waals surface area contributed by atoms with Crippen LogP contribution in [0.3, 0.4) is 0 Å². The second kappa shape index (κ2) is 8.84. The van der Waals surface area contributed by atoms with Gasteiger partial charge in [0, 0.05) is 18.8 Å². The number of carbonyl (C=O) groups is 1. The van der Waals surface area contributed by atoms with Gasteiger partial charge in [-0.1, -0.05) is 6.07 Å². The number of benzene rings is 2. The highest BCUT2D eigenvalue weighted by molar-refractivity contribution is 5.89. The van der Waals surface area contributed by atoms with E-state index in [1.165, 1.54) is 0 Å². The van der Waals surface area contributed by atoms with Crippen molar-refractivity contribution in [2.75, 3.05) is 31.9 Å². The summed E-state index contributed by atoms with van der Waals surface area (Å²) in [5.74, 6) is 2.28. The van der Waals surface area contributed by atoms with E-state index in [9.17, 15) is 4.79 Å². The van der Waals surface area contributed by atoms with E-state index in [0.29, 0.717) is 25.3 Å². The fraction of sp³-hybridized carbons (Fsp3) is 0.381. The highest BCUT2D eigenvalue weighted by Crippen LogP contribution is 2.32. The monoisotopic (exact) mass is 384 g/mol. The molecule has 7 nitrogen and oxygen atoms in total. The number of hydrogen-bond acceptors (Lipinski definition) is 5. The second-order valence-corrected chi connectivity index (χ2v) is 6.79. The van der Waals surface area contributed by atoms with Crippen LogP contribution in [0.25, 0.3) is 0 Å². The Morgan fingerprint density at radius 3 is 2.79 bits per heavy atom. The van der Waals surface area contributed by atoms with Crippen molar-refractivity contribution in [2.24, 2.45) is 0 Å². The van der Waals surface area contributed by atoms with Crippen LogP contribution in [0.2, 0.25) is 0 Å². The van der Waals surface area contributed by atoms with E-state index in [2.05, 4.69) is 10.6 Å². The Labute approximate surface area is 163 Å². The molecule has 2 heterocycles. The lowest BCUT2D eigenvalue weighted by atomic mass is 10.1. The largest absolute Gasteiger partial charge is 0.491 e. The van der Waals surface area contributed by atoms with Crippen molar-refractivity contribution in [3.05, 3.63) is 48.0 Å². The van der Waals surface area contributed by atoms with Gasteiger partial charge in [0.15, 0.2) is 11.5 Å². The fourth-order valence-electron chi connectivity index (χ4n) is 3.19. The number of nitrogens with one attached hydrogen (secondary N) is 2. The Bertz CT molecular complexity index is 803. The van der Waals surface area contributed by atoms with Gasteiger partial charge in [0.05, 0.1) is 6.10 Å². The molecule has 0 saturated carbocycles. The van der Waals surface area contributed by atoms with Gasteiger partial charge in [-0.05, 0) is 61.2 Å². The van der Waals surface area contributed by atoms with Crippen LogP contribution in [0.5, 0.6) is 17.2 Å². The highest BCUT2D eigenvalue weighted by Gasteiger charge is 2.16.